The second-order valence-electron chi connectivity index (χ2n) is 3.87. The average molecular weight is 610 g/mol. The van der Waals surface area contributed by atoms with Gasteiger partial charge in [-0.25, -0.2) is 8.42 Å². The van der Waals surface area contributed by atoms with E-state index in [1.807, 2.05) is 0 Å². The summed E-state index contributed by atoms with van der Waals surface area (Å²) in [6.07, 6.45) is 0. The third-order valence-electron chi connectivity index (χ3n) is 2.71. The van der Waals surface area contributed by atoms with E-state index in [9.17, 15) is 8.42 Å². The Morgan fingerprint density at radius 3 is 2.37 bits per heavy atom. The quantitative estimate of drug-likeness (QED) is 0.280. The van der Waals surface area contributed by atoms with Gasteiger partial charge in [-0.05, 0) is 86.0 Å². The molecule has 19 heavy (non-hydrogen) atoms. The zero-order chi connectivity index (χ0) is 13.8. The number of ether oxygens (including phenoxy) is 1. The molecule has 3 nitrogen and oxygen atoms in total. The molecule has 1 heterocycles. The van der Waals surface area contributed by atoms with Gasteiger partial charge in [-0.15, -0.1) is 0 Å². The summed E-state index contributed by atoms with van der Waals surface area (Å²) in [6, 6.07) is 8.49. The number of halogens is 3. The van der Waals surface area contributed by atoms with Crippen molar-refractivity contribution >= 4 is 77.6 Å². The molecule has 0 atom stereocenters. The predicted molar refractivity (Wildman–Crippen MR) is 96.6 cm³/mol. The molecule has 1 aliphatic heterocycles. The van der Waals surface area contributed by atoms with Gasteiger partial charge < -0.3 is 4.74 Å². The summed E-state index contributed by atoms with van der Waals surface area (Å²) < 4.78 is 33.7. The molecule has 3 rings (SSSR count). The SMILES string of the molecule is O=S1(=O)c2ccccc2Oc2cc(I)c(I)c(I)c21. The molecule has 1 aliphatic rings. The number of para-hydroxylation sites is 1. The first-order chi connectivity index (χ1) is 8.93. The van der Waals surface area contributed by atoms with Crippen LogP contribution in [0.25, 0.3) is 0 Å². The molecule has 0 spiro atoms. The van der Waals surface area contributed by atoms with Crippen LogP contribution in [0.1, 0.15) is 0 Å². The fourth-order valence-corrected chi connectivity index (χ4v) is 6.53. The van der Waals surface area contributed by atoms with E-state index in [4.69, 9.17) is 4.74 Å². The summed E-state index contributed by atoms with van der Waals surface area (Å²) in [5, 5.41) is 0. The monoisotopic (exact) mass is 610 g/mol. The number of fused-ring (bicyclic) bond motifs is 2. The third-order valence-corrected chi connectivity index (χ3v) is 10.0. The minimum Gasteiger partial charge on any atom is -0.455 e. The molecular formula is C12H5I3O3S. The van der Waals surface area contributed by atoms with E-state index >= 15 is 0 Å². The zero-order valence-corrected chi connectivity index (χ0v) is 16.4. The van der Waals surface area contributed by atoms with E-state index in [0.29, 0.717) is 11.5 Å². The van der Waals surface area contributed by atoms with E-state index < -0.39 is 9.84 Å². The Balaban J connectivity index is 2.42. The Hall–Kier alpha value is 0.380. The maximum Gasteiger partial charge on any atom is 0.215 e. The van der Waals surface area contributed by atoms with Crippen molar-refractivity contribution in [1.29, 1.82) is 0 Å². The van der Waals surface area contributed by atoms with E-state index in [2.05, 4.69) is 67.8 Å². The molecule has 0 saturated carbocycles. The predicted octanol–water partition coefficient (Wildman–Crippen LogP) is 4.44. The number of rotatable bonds is 0. The summed E-state index contributed by atoms with van der Waals surface area (Å²) >= 11 is 6.40. The molecular weight excluding hydrogens is 605 g/mol. The Morgan fingerprint density at radius 1 is 0.947 bits per heavy atom. The van der Waals surface area contributed by atoms with Gasteiger partial charge in [0.15, 0.2) is 0 Å². The van der Waals surface area contributed by atoms with Gasteiger partial charge in [-0.2, -0.15) is 0 Å². The second-order valence-corrected chi connectivity index (χ2v) is 9.04. The van der Waals surface area contributed by atoms with Crippen LogP contribution in [0.2, 0.25) is 0 Å². The van der Waals surface area contributed by atoms with Crippen LogP contribution in [0.4, 0.5) is 0 Å². The van der Waals surface area contributed by atoms with Gasteiger partial charge in [0.05, 0.1) is 3.57 Å². The van der Waals surface area contributed by atoms with E-state index in [-0.39, 0.29) is 9.79 Å². The maximum absolute atomic E-state index is 12.7. The molecule has 2 aromatic rings. The summed E-state index contributed by atoms with van der Waals surface area (Å²) in [4.78, 5) is 0.508. The molecule has 2 aromatic carbocycles. The molecule has 98 valence electrons. The highest BCUT2D eigenvalue weighted by Gasteiger charge is 2.34. The van der Waals surface area contributed by atoms with Crippen molar-refractivity contribution in [2.75, 3.05) is 0 Å². The van der Waals surface area contributed by atoms with E-state index in [1.54, 1.807) is 30.3 Å². The molecule has 0 aliphatic carbocycles. The van der Waals surface area contributed by atoms with Crippen molar-refractivity contribution in [1.82, 2.24) is 0 Å². The largest absolute Gasteiger partial charge is 0.455 e. The van der Waals surface area contributed by atoms with Gasteiger partial charge in [-0.1, -0.05) is 12.1 Å². The molecule has 0 bridgehead atoms. The van der Waals surface area contributed by atoms with Gasteiger partial charge in [-0.3, -0.25) is 0 Å². The number of sulfone groups is 1. The lowest BCUT2D eigenvalue weighted by atomic mass is 10.3. The fourth-order valence-electron chi connectivity index (χ4n) is 1.87. The van der Waals surface area contributed by atoms with Gasteiger partial charge >= 0.3 is 0 Å². The van der Waals surface area contributed by atoms with Crippen LogP contribution in [-0.2, 0) is 9.84 Å². The highest BCUT2D eigenvalue weighted by Crippen LogP contribution is 2.46. The molecule has 0 fully saturated rings. The molecule has 0 saturated heterocycles. The lowest BCUT2D eigenvalue weighted by Gasteiger charge is -2.22. The zero-order valence-electron chi connectivity index (χ0n) is 9.15. The van der Waals surface area contributed by atoms with Gasteiger partial charge in [0, 0.05) is 7.14 Å². The number of benzene rings is 2. The first kappa shape index (κ1) is 14.3. The van der Waals surface area contributed by atoms with Crippen LogP contribution in [-0.4, -0.2) is 8.42 Å². The lowest BCUT2D eigenvalue weighted by Crippen LogP contribution is -2.14. The van der Waals surface area contributed by atoms with Gasteiger partial charge in [0.1, 0.15) is 21.3 Å². The second kappa shape index (κ2) is 4.98. The van der Waals surface area contributed by atoms with Gasteiger partial charge in [0.2, 0.25) is 9.84 Å². The Labute approximate surface area is 151 Å². The summed E-state index contributed by atoms with van der Waals surface area (Å²) in [5.74, 6) is 0.802. The van der Waals surface area contributed by atoms with Crippen molar-refractivity contribution < 1.29 is 13.2 Å². The normalized spacial score (nSPS) is 15.3. The molecule has 0 aromatic heterocycles. The standard InChI is InChI=1S/C12H5I3O3S/c13-6-5-8-12(11(15)10(6)14)19(16,17)9-4-2-1-3-7(9)18-8/h1-5H. The van der Waals surface area contributed by atoms with E-state index in [1.165, 1.54) is 0 Å². The first-order valence-electron chi connectivity index (χ1n) is 5.12. The van der Waals surface area contributed by atoms with Crippen molar-refractivity contribution in [3.05, 3.63) is 41.0 Å². The smallest absolute Gasteiger partial charge is 0.215 e. The Morgan fingerprint density at radius 2 is 1.63 bits per heavy atom. The number of hydrogen-bond acceptors (Lipinski definition) is 3. The fraction of sp³-hybridized carbons (Fsp3) is 0. The molecule has 0 amide bonds. The van der Waals surface area contributed by atoms with Crippen molar-refractivity contribution in [2.45, 2.75) is 9.79 Å². The molecule has 7 heteroatoms. The molecule has 0 unspecified atom stereocenters. The van der Waals surface area contributed by atoms with Crippen LogP contribution in [0.5, 0.6) is 11.5 Å². The minimum absolute atomic E-state index is 0.234. The molecule has 0 radical (unpaired) electrons. The number of hydrogen-bond donors (Lipinski definition) is 0. The summed E-state index contributed by atoms with van der Waals surface area (Å²) in [7, 11) is -3.51. The minimum atomic E-state index is -3.51. The third kappa shape index (κ3) is 2.20. The average Bonchev–Trinajstić information content (AvgIpc) is 2.35. The Kier molecular flexibility index (Phi) is 3.76. The molecule has 0 N–H and O–H groups in total. The highest BCUT2D eigenvalue weighted by molar-refractivity contribution is 14.1. The van der Waals surface area contributed by atoms with Crippen LogP contribution in [0, 0.1) is 10.7 Å². The van der Waals surface area contributed by atoms with E-state index in [0.717, 1.165) is 10.7 Å². The summed E-state index contributed by atoms with van der Waals surface area (Å²) in [6.45, 7) is 0. The Bertz CT molecular complexity index is 800. The lowest BCUT2D eigenvalue weighted by molar-refractivity contribution is 0.441. The van der Waals surface area contributed by atoms with Crippen LogP contribution >= 0.6 is 67.8 Å². The van der Waals surface area contributed by atoms with Crippen LogP contribution in [0.15, 0.2) is 40.1 Å². The highest BCUT2D eigenvalue weighted by atomic mass is 127. The van der Waals surface area contributed by atoms with Crippen molar-refractivity contribution in [3.8, 4) is 11.5 Å². The summed E-state index contributed by atoms with van der Waals surface area (Å²) in [5.41, 5.74) is 0. The topological polar surface area (TPSA) is 43.4 Å². The first-order valence-corrected chi connectivity index (χ1v) is 9.84. The van der Waals surface area contributed by atoms with Gasteiger partial charge in [0.25, 0.3) is 0 Å². The van der Waals surface area contributed by atoms with Crippen LogP contribution in [0.3, 0.4) is 0 Å². The van der Waals surface area contributed by atoms with Crippen molar-refractivity contribution in [3.63, 3.8) is 0 Å². The van der Waals surface area contributed by atoms with Crippen molar-refractivity contribution in [2.24, 2.45) is 0 Å². The maximum atomic E-state index is 12.7. The van der Waals surface area contributed by atoms with Crippen LogP contribution < -0.4 is 4.74 Å².